The summed E-state index contributed by atoms with van der Waals surface area (Å²) in [6.45, 7) is 0.245. The van der Waals surface area contributed by atoms with Gasteiger partial charge in [-0.25, -0.2) is 0 Å². The zero-order valence-electron chi connectivity index (χ0n) is 10.7. The Morgan fingerprint density at radius 2 is 1.63 bits per heavy atom. The van der Waals surface area contributed by atoms with Gasteiger partial charge < -0.3 is 15.5 Å². The van der Waals surface area contributed by atoms with Crippen LogP contribution in [0.4, 0.5) is 0 Å². The molecule has 0 bridgehead atoms. The first-order valence-electron chi connectivity index (χ1n) is 6.40. The Morgan fingerprint density at radius 3 is 2.32 bits per heavy atom. The van der Waals surface area contributed by atoms with Crippen molar-refractivity contribution in [3.8, 4) is 5.75 Å². The molecule has 0 saturated heterocycles. The van der Waals surface area contributed by atoms with Gasteiger partial charge in [0.2, 0.25) is 0 Å². The molecule has 0 amide bonds. The quantitative estimate of drug-likeness (QED) is 0.831. The molecular formula is C16H17NO2-2. The van der Waals surface area contributed by atoms with Crippen LogP contribution < -0.4 is 15.5 Å². The van der Waals surface area contributed by atoms with Gasteiger partial charge in [0.05, 0.1) is 0 Å². The minimum atomic E-state index is -0.198. The summed E-state index contributed by atoms with van der Waals surface area (Å²) in [5, 5.41) is 25.9. The van der Waals surface area contributed by atoms with Crippen LogP contribution in [0.5, 0.6) is 5.75 Å². The number of hydrogen-bond acceptors (Lipinski definition) is 3. The zero-order valence-corrected chi connectivity index (χ0v) is 10.7. The molecule has 1 N–H and O–H groups in total. The standard InChI is InChI=1S/C16H18NO2/c18-12-15(10-13-6-2-1-3-7-13)17-11-14-8-4-5-9-16(14)19/h1-9,15,17,19H,10-12H2/q-1/p-1/t15-/m0/s1. The van der Waals surface area contributed by atoms with Crippen molar-refractivity contribution in [3.05, 3.63) is 65.7 Å². The van der Waals surface area contributed by atoms with Crippen LogP contribution in [0.1, 0.15) is 11.1 Å². The van der Waals surface area contributed by atoms with E-state index in [1.54, 1.807) is 18.2 Å². The minimum Gasteiger partial charge on any atom is -0.872 e. The fraction of sp³-hybridized carbons (Fsp3) is 0.250. The molecule has 0 fully saturated rings. The van der Waals surface area contributed by atoms with Crippen LogP contribution in [0, 0.1) is 0 Å². The lowest BCUT2D eigenvalue weighted by Gasteiger charge is -2.23. The van der Waals surface area contributed by atoms with Gasteiger partial charge in [0, 0.05) is 6.54 Å². The Bertz CT molecular complexity index is 499. The van der Waals surface area contributed by atoms with Crippen molar-refractivity contribution in [2.75, 3.05) is 6.61 Å². The van der Waals surface area contributed by atoms with E-state index in [0.29, 0.717) is 18.5 Å². The van der Waals surface area contributed by atoms with Crippen molar-refractivity contribution in [2.45, 2.75) is 19.0 Å². The second-order valence-corrected chi connectivity index (χ2v) is 4.54. The summed E-state index contributed by atoms with van der Waals surface area (Å²) >= 11 is 0. The third kappa shape index (κ3) is 4.09. The molecule has 0 unspecified atom stereocenters. The number of para-hydroxylation sites is 1. The maximum atomic E-state index is 11.6. The van der Waals surface area contributed by atoms with Crippen molar-refractivity contribution in [3.63, 3.8) is 0 Å². The highest BCUT2D eigenvalue weighted by Crippen LogP contribution is 2.12. The van der Waals surface area contributed by atoms with Crippen LogP contribution in [0.3, 0.4) is 0 Å². The zero-order chi connectivity index (χ0) is 13.5. The van der Waals surface area contributed by atoms with Crippen LogP contribution in [0.25, 0.3) is 0 Å². The molecule has 2 aromatic rings. The molecule has 0 saturated carbocycles. The monoisotopic (exact) mass is 255 g/mol. The molecule has 3 heteroatoms. The van der Waals surface area contributed by atoms with Gasteiger partial charge in [0.1, 0.15) is 0 Å². The van der Waals surface area contributed by atoms with E-state index in [9.17, 15) is 10.2 Å². The molecule has 0 spiro atoms. The molecule has 2 aromatic carbocycles. The van der Waals surface area contributed by atoms with Gasteiger partial charge in [-0.05, 0) is 23.6 Å². The molecular weight excluding hydrogens is 238 g/mol. The van der Waals surface area contributed by atoms with Gasteiger partial charge in [0.25, 0.3) is 0 Å². The fourth-order valence-electron chi connectivity index (χ4n) is 1.99. The number of benzene rings is 2. The SMILES string of the molecule is [O-]C[C@H](Cc1ccccc1)NCc1ccccc1[O-]. The highest BCUT2D eigenvalue weighted by atomic mass is 16.3. The lowest BCUT2D eigenvalue weighted by atomic mass is 10.1. The second kappa shape index (κ2) is 6.92. The molecule has 0 aliphatic carbocycles. The first-order valence-corrected chi connectivity index (χ1v) is 6.40. The summed E-state index contributed by atoms with van der Waals surface area (Å²) in [5.41, 5.74) is 1.83. The van der Waals surface area contributed by atoms with E-state index in [-0.39, 0.29) is 18.4 Å². The largest absolute Gasteiger partial charge is 0.872 e. The second-order valence-electron chi connectivity index (χ2n) is 4.54. The predicted octanol–water partition coefficient (Wildman–Crippen LogP) is 0.821. The topological polar surface area (TPSA) is 58.1 Å². The smallest absolute Gasteiger partial charge is 0.0201 e. The average molecular weight is 255 g/mol. The van der Waals surface area contributed by atoms with Crippen LogP contribution >= 0.6 is 0 Å². The van der Waals surface area contributed by atoms with Crippen LogP contribution in [0.15, 0.2) is 54.6 Å². The van der Waals surface area contributed by atoms with Gasteiger partial charge in [-0.3, -0.25) is 0 Å². The Kier molecular flexibility index (Phi) is 4.95. The van der Waals surface area contributed by atoms with E-state index in [2.05, 4.69) is 5.32 Å². The van der Waals surface area contributed by atoms with Crippen molar-refractivity contribution < 1.29 is 10.2 Å². The lowest BCUT2D eigenvalue weighted by molar-refractivity contribution is -0.373. The van der Waals surface area contributed by atoms with E-state index in [4.69, 9.17) is 0 Å². The molecule has 1 atom stereocenters. The van der Waals surface area contributed by atoms with Gasteiger partial charge in [-0.1, -0.05) is 54.6 Å². The number of hydrogen-bond donors (Lipinski definition) is 1. The molecule has 0 aromatic heterocycles. The molecule has 0 aliphatic heterocycles. The summed E-state index contributed by atoms with van der Waals surface area (Å²) in [6.07, 6.45) is 0.686. The number of nitrogens with one attached hydrogen (secondary N) is 1. The maximum Gasteiger partial charge on any atom is 0.0201 e. The normalized spacial score (nSPS) is 12.3. The van der Waals surface area contributed by atoms with Crippen molar-refractivity contribution in [2.24, 2.45) is 0 Å². The molecule has 3 nitrogen and oxygen atoms in total. The summed E-state index contributed by atoms with van der Waals surface area (Å²) in [6, 6.07) is 16.6. The van der Waals surface area contributed by atoms with Crippen LogP contribution in [0.2, 0.25) is 0 Å². The van der Waals surface area contributed by atoms with Crippen LogP contribution in [-0.4, -0.2) is 12.6 Å². The van der Waals surface area contributed by atoms with E-state index in [0.717, 1.165) is 5.56 Å². The fourth-order valence-corrected chi connectivity index (χ4v) is 1.99. The maximum absolute atomic E-state index is 11.6. The highest BCUT2D eigenvalue weighted by molar-refractivity contribution is 5.30. The molecule has 0 aliphatic rings. The van der Waals surface area contributed by atoms with E-state index >= 15 is 0 Å². The molecule has 0 radical (unpaired) electrons. The van der Waals surface area contributed by atoms with Gasteiger partial charge >= 0.3 is 0 Å². The van der Waals surface area contributed by atoms with Crippen molar-refractivity contribution in [1.29, 1.82) is 0 Å². The Balaban J connectivity index is 1.91. The Hall–Kier alpha value is -1.84. The third-order valence-electron chi connectivity index (χ3n) is 3.08. The third-order valence-corrected chi connectivity index (χ3v) is 3.08. The predicted molar refractivity (Wildman–Crippen MR) is 71.5 cm³/mol. The minimum absolute atomic E-state index is 0.0133. The van der Waals surface area contributed by atoms with Gasteiger partial charge in [-0.15, -0.1) is 12.4 Å². The average Bonchev–Trinajstić information content (AvgIpc) is 2.46. The highest BCUT2D eigenvalue weighted by Gasteiger charge is 2.04. The molecule has 19 heavy (non-hydrogen) atoms. The summed E-state index contributed by atoms with van der Waals surface area (Å²) < 4.78 is 0. The van der Waals surface area contributed by atoms with Gasteiger partial charge in [-0.2, -0.15) is 0 Å². The van der Waals surface area contributed by atoms with E-state index < -0.39 is 0 Å². The van der Waals surface area contributed by atoms with Gasteiger partial charge in [0.15, 0.2) is 0 Å². The molecule has 0 heterocycles. The number of rotatable bonds is 6. The van der Waals surface area contributed by atoms with Crippen LogP contribution in [-0.2, 0) is 13.0 Å². The molecule has 100 valence electrons. The first-order chi connectivity index (χ1) is 9.29. The Labute approximate surface area is 113 Å². The van der Waals surface area contributed by atoms with E-state index in [1.165, 1.54) is 0 Å². The summed E-state index contributed by atoms with van der Waals surface area (Å²) in [5.74, 6) is 0.0133. The Morgan fingerprint density at radius 1 is 0.947 bits per heavy atom. The first kappa shape index (κ1) is 13.6. The summed E-state index contributed by atoms with van der Waals surface area (Å²) in [7, 11) is 0. The van der Waals surface area contributed by atoms with Crippen molar-refractivity contribution in [1.82, 2.24) is 5.32 Å². The van der Waals surface area contributed by atoms with Crippen molar-refractivity contribution >= 4 is 0 Å². The summed E-state index contributed by atoms with van der Waals surface area (Å²) in [4.78, 5) is 0. The molecule has 2 rings (SSSR count). The lowest BCUT2D eigenvalue weighted by Crippen LogP contribution is -2.39. The van der Waals surface area contributed by atoms with E-state index in [1.807, 2.05) is 36.4 Å².